The van der Waals surface area contributed by atoms with Gasteiger partial charge in [0.2, 0.25) is 0 Å². The van der Waals surface area contributed by atoms with Gasteiger partial charge in [0.05, 0.1) is 6.07 Å². The summed E-state index contributed by atoms with van der Waals surface area (Å²) in [5.41, 5.74) is 1.10. The van der Waals surface area contributed by atoms with Gasteiger partial charge in [-0.25, -0.2) is 4.79 Å². The number of hydrogen-bond donors (Lipinski definition) is 1. The monoisotopic (exact) mass is 372 g/mol. The Morgan fingerprint density at radius 1 is 1.22 bits per heavy atom. The zero-order valence-corrected chi connectivity index (χ0v) is 15.0. The predicted octanol–water partition coefficient (Wildman–Crippen LogP) is 3.05. The number of benzene rings is 1. The highest BCUT2D eigenvalue weighted by Crippen LogP contribution is 2.16. The highest BCUT2D eigenvalue weighted by Gasteiger charge is 2.17. The SMILES string of the molecule is C[C@H](OC(=O)/C=C/c1ccc([N+](=O)[O-])o1)C(=O)NC[C@@H](C)c1ccccc1. The van der Waals surface area contributed by atoms with E-state index >= 15 is 0 Å². The lowest BCUT2D eigenvalue weighted by molar-refractivity contribution is -0.402. The molecule has 1 amide bonds. The molecule has 0 aliphatic rings. The molecule has 0 spiro atoms. The maximum atomic E-state index is 12.1. The van der Waals surface area contributed by atoms with Gasteiger partial charge in [-0.3, -0.25) is 14.9 Å². The number of nitro groups is 1. The van der Waals surface area contributed by atoms with Crippen LogP contribution < -0.4 is 5.32 Å². The fraction of sp³-hybridized carbons (Fsp3) is 0.263. The van der Waals surface area contributed by atoms with Gasteiger partial charge in [-0.2, -0.15) is 0 Å². The average Bonchev–Trinajstić information content (AvgIpc) is 3.14. The molecule has 0 saturated carbocycles. The van der Waals surface area contributed by atoms with Crippen LogP contribution in [0.5, 0.6) is 0 Å². The summed E-state index contributed by atoms with van der Waals surface area (Å²) in [4.78, 5) is 33.7. The van der Waals surface area contributed by atoms with E-state index in [-0.39, 0.29) is 11.7 Å². The van der Waals surface area contributed by atoms with E-state index in [9.17, 15) is 19.7 Å². The summed E-state index contributed by atoms with van der Waals surface area (Å²) in [7, 11) is 0. The Hall–Kier alpha value is -3.42. The number of nitrogens with one attached hydrogen (secondary N) is 1. The minimum Gasteiger partial charge on any atom is -0.449 e. The van der Waals surface area contributed by atoms with Gasteiger partial charge in [0.1, 0.15) is 10.7 Å². The van der Waals surface area contributed by atoms with Crippen LogP contribution in [0.3, 0.4) is 0 Å². The molecule has 27 heavy (non-hydrogen) atoms. The second-order valence-electron chi connectivity index (χ2n) is 5.90. The van der Waals surface area contributed by atoms with E-state index in [2.05, 4.69) is 5.32 Å². The molecule has 0 unspecified atom stereocenters. The van der Waals surface area contributed by atoms with Crippen LogP contribution in [0.1, 0.15) is 31.1 Å². The van der Waals surface area contributed by atoms with Gasteiger partial charge in [-0.05, 0) is 30.5 Å². The first-order valence-corrected chi connectivity index (χ1v) is 8.32. The Morgan fingerprint density at radius 2 is 1.93 bits per heavy atom. The van der Waals surface area contributed by atoms with Crippen LogP contribution in [0.25, 0.3) is 6.08 Å². The average molecular weight is 372 g/mol. The molecular formula is C19H20N2O6. The number of furan rings is 1. The molecule has 0 bridgehead atoms. The fourth-order valence-electron chi connectivity index (χ4n) is 2.24. The van der Waals surface area contributed by atoms with Crippen molar-refractivity contribution >= 4 is 23.8 Å². The topological polar surface area (TPSA) is 112 Å². The number of carbonyl (C=O) groups excluding carboxylic acids is 2. The lowest BCUT2D eigenvalue weighted by Crippen LogP contribution is -2.37. The fourth-order valence-corrected chi connectivity index (χ4v) is 2.24. The normalized spacial score (nSPS) is 13.1. The molecule has 142 valence electrons. The van der Waals surface area contributed by atoms with Crippen molar-refractivity contribution in [3.63, 3.8) is 0 Å². The van der Waals surface area contributed by atoms with Gasteiger partial charge in [-0.1, -0.05) is 37.3 Å². The van der Waals surface area contributed by atoms with Crippen molar-refractivity contribution in [2.75, 3.05) is 6.54 Å². The Bertz CT molecular complexity index is 828. The summed E-state index contributed by atoms with van der Waals surface area (Å²) in [5.74, 6) is -1.34. The third kappa shape index (κ3) is 6.10. The van der Waals surface area contributed by atoms with E-state index < -0.39 is 28.8 Å². The van der Waals surface area contributed by atoms with Gasteiger partial charge in [0.15, 0.2) is 6.10 Å². The molecular weight excluding hydrogens is 352 g/mol. The molecule has 2 rings (SSSR count). The zero-order chi connectivity index (χ0) is 19.8. The van der Waals surface area contributed by atoms with Crippen LogP contribution in [0, 0.1) is 10.1 Å². The lowest BCUT2D eigenvalue weighted by Gasteiger charge is -2.16. The Kier molecular flexibility index (Phi) is 6.87. The molecule has 1 N–H and O–H groups in total. The molecule has 1 aromatic carbocycles. The Labute approximate surface area is 156 Å². The maximum Gasteiger partial charge on any atom is 0.433 e. The highest BCUT2D eigenvalue weighted by atomic mass is 16.6. The third-order valence-corrected chi connectivity index (χ3v) is 3.79. The smallest absolute Gasteiger partial charge is 0.433 e. The van der Waals surface area contributed by atoms with Crippen LogP contribution in [0.2, 0.25) is 0 Å². The van der Waals surface area contributed by atoms with Crippen molar-refractivity contribution in [1.82, 2.24) is 5.32 Å². The minimum atomic E-state index is -0.976. The van der Waals surface area contributed by atoms with E-state index in [1.165, 1.54) is 25.1 Å². The van der Waals surface area contributed by atoms with Crippen LogP contribution in [-0.4, -0.2) is 29.4 Å². The number of nitrogens with zero attached hydrogens (tertiary/aromatic N) is 1. The number of ether oxygens (including phenoxy) is 1. The van der Waals surface area contributed by atoms with Crippen molar-refractivity contribution in [2.45, 2.75) is 25.9 Å². The van der Waals surface area contributed by atoms with Crippen LogP contribution in [0.15, 0.2) is 53.0 Å². The molecule has 0 saturated heterocycles. The Morgan fingerprint density at radius 3 is 2.56 bits per heavy atom. The summed E-state index contributed by atoms with van der Waals surface area (Å²) in [5, 5.41) is 13.3. The van der Waals surface area contributed by atoms with Gasteiger partial charge in [0, 0.05) is 12.6 Å². The molecule has 1 aromatic heterocycles. The first kappa shape index (κ1) is 19.9. The number of carbonyl (C=O) groups is 2. The van der Waals surface area contributed by atoms with Crippen molar-refractivity contribution in [2.24, 2.45) is 0 Å². The van der Waals surface area contributed by atoms with Crippen molar-refractivity contribution in [3.05, 3.63) is 70.0 Å². The summed E-state index contributed by atoms with van der Waals surface area (Å²) in [6.45, 7) is 3.86. The molecule has 0 aliphatic carbocycles. The zero-order valence-electron chi connectivity index (χ0n) is 15.0. The number of hydrogen-bond acceptors (Lipinski definition) is 6. The molecule has 2 atom stereocenters. The molecule has 8 nitrogen and oxygen atoms in total. The second-order valence-corrected chi connectivity index (χ2v) is 5.90. The number of amides is 1. The maximum absolute atomic E-state index is 12.1. The molecule has 0 fully saturated rings. The Balaban J connectivity index is 1.79. The molecule has 2 aromatic rings. The number of esters is 1. The van der Waals surface area contributed by atoms with Gasteiger partial charge < -0.3 is 14.5 Å². The third-order valence-electron chi connectivity index (χ3n) is 3.79. The molecule has 1 heterocycles. The largest absolute Gasteiger partial charge is 0.449 e. The first-order valence-electron chi connectivity index (χ1n) is 8.32. The predicted molar refractivity (Wildman–Crippen MR) is 97.8 cm³/mol. The highest BCUT2D eigenvalue weighted by molar-refractivity contribution is 5.90. The van der Waals surface area contributed by atoms with Gasteiger partial charge in [0.25, 0.3) is 5.91 Å². The van der Waals surface area contributed by atoms with E-state index in [1.54, 1.807) is 0 Å². The molecule has 0 radical (unpaired) electrons. The van der Waals surface area contributed by atoms with Crippen LogP contribution in [-0.2, 0) is 14.3 Å². The summed E-state index contributed by atoms with van der Waals surface area (Å²) in [6, 6.07) is 12.3. The van der Waals surface area contributed by atoms with E-state index in [4.69, 9.17) is 9.15 Å². The first-order chi connectivity index (χ1) is 12.9. The summed E-state index contributed by atoms with van der Waals surface area (Å²) in [6.07, 6.45) is 1.30. The summed E-state index contributed by atoms with van der Waals surface area (Å²) < 4.78 is 9.89. The van der Waals surface area contributed by atoms with E-state index in [1.807, 2.05) is 37.3 Å². The van der Waals surface area contributed by atoms with Gasteiger partial charge in [-0.15, -0.1) is 0 Å². The quantitative estimate of drug-likeness (QED) is 0.330. The number of rotatable bonds is 8. The molecule has 0 aliphatic heterocycles. The van der Waals surface area contributed by atoms with Crippen LogP contribution >= 0.6 is 0 Å². The summed E-state index contributed by atoms with van der Waals surface area (Å²) >= 11 is 0. The standard InChI is InChI=1S/C19H20N2O6/c1-13(15-6-4-3-5-7-15)12-20-19(23)14(2)26-18(22)11-9-16-8-10-17(27-16)21(24)25/h3-11,13-14H,12H2,1-2H3,(H,20,23)/b11-9+/t13-,14+/m1/s1. The van der Waals surface area contributed by atoms with Crippen LogP contribution in [0.4, 0.5) is 5.88 Å². The second kappa shape index (κ2) is 9.33. The van der Waals surface area contributed by atoms with E-state index in [0.717, 1.165) is 11.6 Å². The molecule has 8 heteroatoms. The van der Waals surface area contributed by atoms with Gasteiger partial charge >= 0.3 is 11.9 Å². The van der Waals surface area contributed by atoms with Crippen molar-refractivity contribution in [1.29, 1.82) is 0 Å². The minimum absolute atomic E-state index is 0.118. The van der Waals surface area contributed by atoms with E-state index in [0.29, 0.717) is 6.54 Å². The van der Waals surface area contributed by atoms with Crippen molar-refractivity contribution < 1.29 is 23.7 Å². The van der Waals surface area contributed by atoms with Crippen molar-refractivity contribution in [3.8, 4) is 0 Å². The lowest BCUT2D eigenvalue weighted by atomic mass is 10.0.